The van der Waals surface area contributed by atoms with Gasteiger partial charge >= 0.3 is 11.9 Å². The fraction of sp³-hybridized carbons (Fsp3) is 0.583. The van der Waals surface area contributed by atoms with E-state index >= 15 is 0 Å². The number of carbonyl (C=O) groups excluding carboxylic acids is 2. The zero-order valence-electron chi connectivity index (χ0n) is 17.8. The third-order valence-corrected chi connectivity index (χ3v) is 4.79. The van der Waals surface area contributed by atoms with Gasteiger partial charge in [0.1, 0.15) is 12.4 Å². The molecule has 1 aromatic rings. The Labute approximate surface area is 170 Å². The lowest BCUT2D eigenvalue weighted by molar-refractivity contribution is -0.146. The van der Waals surface area contributed by atoms with Gasteiger partial charge in [-0.05, 0) is 43.9 Å². The summed E-state index contributed by atoms with van der Waals surface area (Å²) < 4.78 is 10.5. The summed E-state index contributed by atoms with van der Waals surface area (Å²) >= 11 is 0. The molecule has 0 bridgehead atoms. The van der Waals surface area contributed by atoms with Crippen molar-refractivity contribution < 1.29 is 19.1 Å². The molecule has 4 heteroatoms. The first-order valence-electron chi connectivity index (χ1n) is 10.6. The van der Waals surface area contributed by atoms with Crippen LogP contribution in [0.1, 0.15) is 82.3 Å². The summed E-state index contributed by atoms with van der Waals surface area (Å²) in [6.45, 7) is 6.37. The van der Waals surface area contributed by atoms with Crippen molar-refractivity contribution in [3.63, 3.8) is 0 Å². The van der Waals surface area contributed by atoms with Gasteiger partial charge in [0.15, 0.2) is 0 Å². The summed E-state index contributed by atoms with van der Waals surface area (Å²) in [6, 6.07) is 5.57. The fourth-order valence-corrected chi connectivity index (χ4v) is 2.83. The van der Waals surface area contributed by atoms with Crippen LogP contribution in [0.15, 0.2) is 30.4 Å². The predicted molar refractivity (Wildman–Crippen MR) is 113 cm³/mol. The maximum atomic E-state index is 11.9. The average Bonchev–Trinajstić information content (AvgIpc) is 2.68. The van der Waals surface area contributed by atoms with Gasteiger partial charge in [-0.2, -0.15) is 0 Å². The zero-order valence-corrected chi connectivity index (χ0v) is 17.8. The first-order chi connectivity index (χ1) is 13.5. The Morgan fingerprint density at radius 3 is 2.32 bits per heavy atom. The average molecular weight is 389 g/mol. The Morgan fingerprint density at radius 1 is 0.893 bits per heavy atom. The van der Waals surface area contributed by atoms with Crippen LogP contribution in [0, 0.1) is 13.8 Å². The van der Waals surface area contributed by atoms with E-state index in [4.69, 9.17) is 9.47 Å². The summed E-state index contributed by atoms with van der Waals surface area (Å²) in [5.74, 6) is -0.245. The van der Waals surface area contributed by atoms with Crippen LogP contribution in [0.3, 0.4) is 0 Å². The Kier molecular flexibility index (Phi) is 12.7. The van der Waals surface area contributed by atoms with E-state index in [9.17, 15) is 9.59 Å². The molecule has 0 unspecified atom stereocenters. The van der Waals surface area contributed by atoms with E-state index in [1.165, 1.54) is 44.9 Å². The zero-order chi connectivity index (χ0) is 20.6. The molecule has 0 spiro atoms. The molecule has 0 aliphatic rings. The molecule has 4 nitrogen and oxygen atoms in total. The molecule has 0 radical (unpaired) electrons. The van der Waals surface area contributed by atoms with Crippen LogP contribution < -0.4 is 4.74 Å². The minimum atomic E-state index is -0.417. The number of benzene rings is 1. The van der Waals surface area contributed by atoms with Gasteiger partial charge in [0.2, 0.25) is 0 Å². The number of allylic oxidation sites excluding steroid dienone is 1. The number of unbranched alkanes of at least 4 members (excludes halogenated alkanes) is 7. The third-order valence-electron chi connectivity index (χ3n) is 4.79. The monoisotopic (exact) mass is 388 g/mol. The molecule has 0 heterocycles. The number of hydrogen-bond donors (Lipinski definition) is 0. The first-order valence-corrected chi connectivity index (χ1v) is 10.6. The molecule has 0 fully saturated rings. The number of carbonyl (C=O) groups is 2. The van der Waals surface area contributed by atoms with Crippen molar-refractivity contribution >= 4 is 11.9 Å². The highest BCUT2D eigenvalue weighted by Gasteiger charge is 2.11. The molecule has 0 aliphatic heterocycles. The maximum absolute atomic E-state index is 11.9. The summed E-state index contributed by atoms with van der Waals surface area (Å²) in [5, 5.41) is 0. The molecule has 0 saturated heterocycles. The molecule has 0 amide bonds. The largest absolute Gasteiger partial charge is 0.461 e. The Morgan fingerprint density at radius 2 is 1.57 bits per heavy atom. The highest BCUT2D eigenvalue weighted by molar-refractivity contribution is 5.79. The Balaban J connectivity index is 2.07. The molecule has 0 N–H and O–H groups in total. The van der Waals surface area contributed by atoms with Crippen LogP contribution >= 0.6 is 0 Å². The van der Waals surface area contributed by atoms with Crippen LogP contribution in [-0.4, -0.2) is 18.5 Å². The van der Waals surface area contributed by atoms with Gasteiger partial charge in [-0.25, -0.2) is 0 Å². The second-order valence-corrected chi connectivity index (χ2v) is 7.24. The van der Waals surface area contributed by atoms with E-state index in [1.807, 2.05) is 32.1 Å². The number of ether oxygens (including phenoxy) is 2. The summed E-state index contributed by atoms with van der Waals surface area (Å²) in [4.78, 5) is 23.6. The van der Waals surface area contributed by atoms with E-state index in [-0.39, 0.29) is 25.4 Å². The SMILES string of the molecule is CCCCCCCCC/C=C/COC(=O)CCC(=O)Oc1cccc(C)c1C. The smallest absolute Gasteiger partial charge is 0.311 e. The minimum absolute atomic E-state index is 0.0218. The van der Waals surface area contributed by atoms with Crippen molar-refractivity contribution in [1.82, 2.24) is 0 Å². The van der Waals surface area contributed by atoms with Gasteiger partial charge in [0.25, 0.3) is 0 Å². The van der Waals surface area contributed by atoms with Crippen LogP contribution in [0.2, 0.25) is 0 Å². The molecule has 0 saturated carbocycles. The third kappa shape index (κ3) is 10.9. The van der Waals surface area contributed by atoms with Crippen LogP contribution in [0.4, 0.5) is 0 Å². The molecule has 0 atom stereocenters. The minimum Gasteiger partial charge on any atom is -0.461 e. The summed E-state index contributed by atoms with van der Waals surface area (Å²) in [5.41, 5.74) is 2.00. The van der Waals surface area contributed by atoms with Crippen LogP contribution in [0.5, 0.6) is 5.75 Å². The molecular formula is C24H36O4. The van der Waals surface area contributed by atoms with E-state index < -0.39 is 5.97 Å². The highest BCUT2D eigenvalue weighted by atomic mass is 16.5. The molecule has 0 aliphatic carbocycles. The standard InChI is InChI=1S/C24H36O4/c1-4-5-6-7-8-9-10-11-12-13-19-27-23(25)17-18-24(26)28-22-16-14-15-20(2)21(22)3/h12-16H,4-11,17-19H2,1-3H3/b13-12+. The van der Waals surface area contributed by atoms with Gasteiger partial charge in [-0.3, -0.25) is 9.59 Å². The lowest BCUT2D eigenvalue weighted by atomic mass is 10.1. The lowest BCUT2D eigenvalue weighted by Crippen LogP contribution is -2.13. The van der Waals surface area contributed by atoms with Crippen molar-refractivity contribution in [3.05, 3.63) is 41.5 Å². The fourth-order valence-electron chi connectivity index (χ4n) is 2.83. The number of esters is 2. The first kappa shape index (κ1) is 23.9. The van der Waals surface area contributed by atoms with Crippen molar-refractivity contribution in [2.24, 2.45) is 0 Å². The van der Waals surface area contributed by atoms with Gasteiger partial charge in [0.05, 0.1) is 12.8 Å². The van der Waals surface area contributed by atoms with Gasteiger partial charge in [0, 0.05) is 0 Å². The summed E-state index contributed by atoms with van der Waals surface area (Å²) in [7, 11) is 0. The molecule has 156 valence electrons. The second kappa shape index (κ2) is 14.9. The normalized spacial score (nSPS) is 11.0. The molecule has 0 aromatic heterocycles. The quantitative estimate of drug-likeness (QED) is 0.164. The van der Waals surface area contributed by atoms with E-state index in [0.717, 1.165) is 17.5 Å². The van der Waals surface area contributed by atoms with Crippen molar-refractivity contribution in [3.8, 4) is 5.75 Å². The highest BCUT2D eigenvalue weighted by Crippen LogP contribution is 2.21. The molecule has 1 aromatic carbocycles. The van der Waals surface area contributed by atoms with Gasteiger partial charge in [-0.15, -0.1) is 0 Å². The second-order valence-electron chi connectivity index (χ2n) is 7.24. The van der Waals surface area contributed by atoms with Gasteiger partial charge in [-0.1, -0.05) is 69.7 Å². The Hall–Kier alpha value is -2.10. The molecule has 28 heavy (non-hydrogen) atoms. The van der Waals surface area contributed by atoms with E-state index in [2.05, 4.69) is 13.0 Å². The summed E-state index contributed by atoms with van der Waals surface area (Å²) in [6.07, 6.45) is 14.1. The predicted octanol–water partition coefficient (Wildman–Crippen LogP) is 6.23. The van der Waals surface area contributed by atoms with Gasteiger partial charge < -0.3 is 9.47 Å². The molecular weight excluding hydrogens is 352 g/mol. The van der Waals surface area contributed by atoms with Crippen molar-refractivity contribution in [2.75, 3.05) is 6.61 Å². The number of aryl methyl sites for hydroxylation is 1. The topological polar surface area (TPSA) is 52.6 Å². The van der Waals surface area contributed by atoms with Crippen molar-refractivity contribution in [1.29, 1.82) is 0 Å². The number of hydrogen-bond acceptors (Lipinski definition) is 4. The van der Waals surface area contributed by atoms with Crippen LogP contribution in [0.25, 0.3) is 0 Å². The molecule has 1 rings (SSSR count). The van der Waals surface area contributed by atoms with E-state index in [0.29, 0.717) is 5.75 Å². The van der Waals surface area contributed by atoms with Crippen LogP contribution in [-0.2, 0) is 14.3 Å². The Bertz CT molecular complexity index is 619. The lowest BCUT2D eigenvalue weighted by Gasteiger charge is -2.09. The van der Waals surface area contributed by atoms with Crippen molar-refractivity contribution in [2.45, 2.75) is 85.0 Å². The van der Waals surface area contributed by atoms with E-state index in [1.54, 1.807) is 6.07 Å². The maximum Gasteiger partial charge on any atom is 0.311 e. The number of rotatable bonds is 14.